The first-order valence-electron chi connectivity index (χ1n) is 10.1. The summed E-state index contributed by atoms with van der Waals surface area (Å²) in [6.07, 6.45) is -1.15. The molecule has 30 heavy (non-hydrogen) atoms. The molecule has 1 heterocycles. The Balaban J connectivity index is 2.80. The summed E-state index contributed by atoms with van der Waals surface area (Å²) in [6.45, 7) is 7.03. The zero-order valence-corrected chi connectivity index (χ0v) is 18.8. The fraction of sp³-hybridized carbons (Fsp3) is 0.833. The van der Waals surface area contributed by atoms with Crippen LogP contribution < -0.4 is 26.4 Å². The van der Waals surface area contributed by atoms with Crippen LogP contribution in [-0.4, -0.2) is 80.7 Å². The van der Waals surface area contributed by atoms with Gasteiger partial charge in [-0.15, -0.1) is 0 Å². The molecule has 0 aromatic carbocycles. The van der Waals surface area contributed by atoms with E-state index in [0.717, 1.165) is 0 Å². The van der Waals surface area contributed by atoms with Crippen LogP contribution in [0, 0.1) is 11.8 Å². The normalized spacial score (nSPS) is 22.8. The van der Waals surface area contributed by atoms with Crippen LogP contribution in [0.4, 0.5) is 0 Å². The summed E-state index contributed by atoms with van der Waals surface area (Å²) in [7, 11) is -3.61. The number of amides is 2. The summed E-state index contributed by atoms with van der Waals surface area (Å²) >= 11 is 0. The zero-order valence-electron chi connectivity index (χ0n) is 18.0. The molecule has 1 rings (SSSR count). The maximum atomic E-state index is 12.7. The Labute approximate surface area is 178 Å². The summed E-state index contributed by atoms with van der Waals surface area (Å²) in [6, 6.07) is -2.23. The molecule has 12 heteroatoms. The third kappa shape index (κ3) is 7.91. The molecule has 0 aliphatic carbocycles. The maximum Gasteiger partial charge on any atom is 0.245 e. The third-order valence-electron chi connectivity index (χ3n) is 4.92. The topological polar surface area (TPSA) is 180 Å². The second kappa shape index (κ2) is 11.7. The molecule has 174 valence electrons. The number of Topliss-reactive ketones (excluding diaryl/α,β-unsaturated/α-hetero) is 1. The van der Waals surface area contributed by atoms with E-state index in [-0.39, 0.29) is 37.8 Å². The van der Waals surface area contributed by atoms with Crippen LogP contribution >= 0.6 is 0 Å². The molecular weight excluding hydrogens is 414 g/mol. The lowest BCUT2D eigenvalue weighted by Crippen LogP contribution is -2.59. The van der Waals surface area contributed by atoms with Crippen LogP contribution in [0.3, 0.4) is 0 Å². The molecule has 1 saturated heterocycles. The van der Waals surface area contributed by atoms with Gasteiger partial charge in [0.1, 0.15) is 6.04 Å². The van der Waals surface area contributed by atoms with Gasteiger partial charge in [-0.05, 0) is 26.2 Å². The van der Waals surface area contributed by atoms with Gasteiger partial charge in [0.25, 0.3) is 0 Å². The van der Waals surface area contributed by atoms with E-state index in [9.17, 15) is 27.9 Å². The van der Waals surface area contributed by atoms with Crippen LogP contribution in [0.15, 0.2) is 0 Å². The Morgan fingerprint density at radius 1 is 1.17 bits per heavy atom. The van der Waals surface area contributed by atoms with Gasteiger partial charge in [-0.3, -0.25) is 14.4 Å². The first kappa shape index (κ1) is 26.4. The summed E-state index contributed by atoms with van der Waals surface area (Å²) in [5.74, 6) is -2.20. The number of aliphatic hydroxyl groups excluding tert-OH is 1. The molecule has 1 aliphatic rings. The Bertz CT molecular complexity index is 712. The Morgan fingerprint density at radius 3 is 2.30 bits per heavy atom. The average Bonchev–Trinajstić information content (AvgIpc) is 2.67. The highest BCUT2D eigenvalue weighted by atomic mass is 32.2. The molecule has 1 aliphatic heterocycles. The molecule has 1 fully saturated rings. The van der Waals surface area contributed by atoms with Gasteiger partial charge in [0.2, 0.25) is 21.8 Å². The largest absolute Gasteiger partial charge is 0.391 e. The van der Waals surface area contributed by atoms with Crippen molar-refractivity contribution < 1.29 is 27.9 Å². The molecule has 0 spiro atoms. The Kier molecular flexibility index (Phi) is 10.3. The van der Waals surface area contributed by atoms with Crippen molar-refractivity contribution in [2.75, 3.05) is 26.2 Å². The lowest BCUT2D eigenvalue weighted by atomic mass is 9.97. The number of aliphatic hydroxyl groups is 1. The van der Waals surface area contributed by atoms with Crippen molar-refractivity contribution in [2.24, 2.45) is 17.6 Å². The number of sulfonamides is 1. The van der Waals surface area contributed by atoms with Crippen molar-refractivity contribution in [3.8, 4) is 0 Å². The standard InChI is InChI=1S/C18H35N5O6S/c1-10(2)7-21-30(28,29)14-5-13(8-20-9-14)17(26)23-16(12(4)25)18(27)22-15(6-19)11(3)24/h10,12-16,20-21,25H,5-9,19H2,1-4H3,(H,22,27)(H,23,26)/t12-,13-,14+,15-,16-/m0/s1. The summed E-state index contributed by atoms with van der Waals surface area (Å²) < 4.78 is 27.5. The van der Waals surface area contributed by atoms with Crippen LogP contribution in [-0.2, 0) is 24.4 Å². The van der Waals surface area contributed by atoms with Crippen molar-refractivity contribution in [1.29, 1.82) is 0 Å². The number of hydrogen-bond donors (Lipinski definition) is 6. The van der Waals surface area contributed by atoms with Gasteiger partial charge in [-0.2, -0.15) is 0 Å². The first-order chi connectivity index (χ1) is 13.9. The van der Waals surface area contributed by atoms with Crippen LogP contribution in [0.2, 0.25) is 0 Å². The Hall–Kier alpha value is -1.60. The first-order valence-corrected chi connectivity index (χ1v) is 11.6. The van der Waals surface area contributed by atoms with Gasteiger partial charge in [0, 0.05) is 26.2 Å². The maximum absolute atomic E-state index is 12.7. The number of rotatable bonds is 11. The minimum absolute atomic E-state index is 0.0826. The Morgan fingerprint density at radius 2 is 1.80 bits per heavy atom. The smallest absolute Gasteiger partial charge is 0.245 e. The van der Waals surface area contributed by atoms with Gasteiger partial charge in [0.15, 0.2) is 5.78 Å². The van der Waals surface area contributed by atoms with E-state index in [1.54, 1.807) is 0 Å². The van der Waals surface area contributed by atoms with Crippen LogP contribution in [0.5, 0.6) is 0 Å². The summed E-state index contributed by atoms with van der Waals surface area (Å²) in [4.78, 5) is 36.6. The highest BCUT2D eigenvalue weighted by Crippen LogP contribution is 2.17. The molecule has 2 amide bonds. The van der Waals surface area contributed by atoms with Gasteiger partial charge >= 0.3 is 0 Å². The minimum atomic E-state index is -3.61. The zero-order chi connectivity index (χ0) is 23.1. The minimum Gasteiger partial charge on any atom is -0.391 e. The van der Waals surface area contributed by atoms with E-state index >= 15 is 0 Å². The van der Waals surface area contributed by atoms with E-state index in [2.05, 4.69) is 20.7 Å². The lowest BCUT2D eigenvalue weighted by molar-refractivity contribution is -0.135. The number of nitrogens with two attached hydrogens (primary N) is 1. The average molecular weight is 450 g/mol. The number of piperidine rings is 1. The monoisotopic (exact) mass is 449 g/mol. The molecule has 0 saturated carbocycles. The SMILES string of the molecule is CC(=O)[C@H](CN)NC(=O)[C@@H](NC(=O)[C@@H]1CNC[C@H](S(=O)(=O)NCC(C)C)C1)[C@H](C)O. The second-order valence-electron chi connectivity index (χ2n) is 8.13. The molecule has 0 unspecified atom stereocenters. The summed E-state index contributed by atoms with van der Waals surface area (Å²) in [5.41, 5.74) is 5.46. The molecular formula is C18H35N5O6S. The number of carbonyl (C=O) groups excluding carboxylic acids is 3. The highest BCUT2D eigenvalue weighted by Gasteiger charge is 2.37. The lowest BCUT2D eigenvalue weighted by Gasteiger charge is -2.31. The number of carbonyl (C=O) groups is 3. The van der Waals surface area contributed by atoms with Crippen molar-refractivity contribution >= 4 is 27.6 Å². The van der Waals surface area contributed by atoms with Crippen molar-refractivity contribution in [3.63, 3.8) is 0 Å². The van der Waals surface area contributed by atoms with Crippen LogP contribution in [0.1, 0.15) is 34.1 Å². The third-order valence-corrected chi connectivity index (χ3v) is 6.72. The van der Waals surface area contributed by atoms with E-state index in [0.29, 0.717) is 6.54 Å². The van der Waals surface area contributed by atoms with Crippen LogP contribution in [0.25, 0.3) is 0 Å². The second-order valence-corrected chi connectivity index (χ2v) is 10.2. The van der Waals surface area contributed by atoms with Crippen molar-refractivity contribution in [1.82, 2.24) is 20.7 Å². The van der Waals surface area contributed by atoms with E-state index in [1.165, 1.54) is 13.8 Å². The number of hydrogen-bond acceptors (Lipinski definition) is 8. The fourth-order valence-electron chi connectivity index (χ4n) is 3.00. The predicted molar refractivity (Wildman–Crippen MR) is 112 cm³/mol. The number of ketones is 1. The fourth-order valence-corrected chi connectivity index (χ4v) is 4.63. The number of nitrogens with one attached hydrogen (secondary N) is 4. The molecule has 7 N–H and O–H groups in total. The van der Waals surface area contributed by atoms with Gasteiger partial charge in [-0.25, -0.2) is 13.1 Å². The highest BCUT2D eigenvalue weighted by molar-refractivity contribution is 7.90. The summed E-state index contributed by atoms with van der Waals surface area (Å²) in [5, 5.41) is 17.0. The molecule has 11 nitrogen and oxygen atoms in total. The molecule has 0 aromatic rings. The van der Waals surface area contributed by atoms with E-state index in [1.807, 2.05) is 13.8 Å². The molecule has 0 bridgehead atoms. The van der Waals surface area contributed by atoms with E-state index < -0.39 is 51.2 Å². The molecule has 0 aromatic heterocycles. The van der Waals surface area contributed by atoms with E-state index in [4.69, 9.17) is 5.73 Å². The van der Waals surface area contributed by atoms with Gasteiger partial charge < -0.3 is 26.8 Å². The molecule has 5 atom stereocenters. The molecule has 0 radical (unpaired) electrons. The van der Waals surface area contributed by atoms with Crippen molar-refractivity contribution in [3.05, 3.63) is 0 Å². The predicted octanol–water partition coefficient (Wildman–Crippen LogP) is -2.56. The van der Waals surface area contributed by atoms with Gasteiger partial charge in [0.05, 0.1) is 23.3 Å². The van der Waals surface area contributed by atoms with Crippen molar-refractivity contribution in [2.45, 2.75) is 57.6 Å². The van der Waals surface area contributed by atoms with Gasteiger partial charge in [-0.1, -0.05) is 13.8 Å². The quantitative estimate of drug-likeness (QED) is 0.199.